The molecule has 2 nitrogen and oxygen atoms in total. The summed E-state index contributed by atoms with van der Waals surface area (Å²) in [6.07, 6.45) is 2.36. The Balaban J connectivity index is 0.000000689. The summed E-state index contributed by atoms with van der Waals surface area (Å²) in [6, 6.07) is 15.2. The molecule has 0 amide bonds. The molecule has 0 saturated carbocycles. The molecular weight excluding hydrogens is 421 g/mol. The normalized spacial score (nSPS) is 17.4. The van der Waals surface area contributed by atoms with Gasteiger partial charge < -0.3 is 5.32 Å². The third-order valence-corrected chi connectivity index (χ3v) is 5.13. The van der Waals surface area contributed by atoms with Gasteiger partial charge in [-0.3, -0.25) is 4.99 Å². The second-order valence-corrected chi connectivity index (χ2v) is 7.84. The fourth-order valence-corrected chi connectivity index (χ4v) is 3.53. The summed E-state index contributed by atoms with van der Waals surface area (Å²) < 4.78 is 31.1. The molecular formula is C28H35F3N2. The van der Waals surface area contributed by atoms with Crippen molar-refractivity contribution in [1.29, 1.82) is 0 Å². The molecule has 5 heteroatoms. The second-order valence-electron chi connectivity index (χ2n) is 7.84. The van der Waals surface area contributed by atoms with E-state index in [0.717, 1.165) is 23.4 Å². The van der Waals surface area contributed by atoms with Crippen LogP contribution in [0.4, 0.5) is 18.9 Å². The Kier molecular flexibility index (Phi) is 10.4. The van der Waals surface area contributed by atoms with Crippen molar-refractivity contribution < 1.29 is 13.2 Å². The molecule has 3 rings (SSSR count). The highest BCUT2D eigenvalue weighted by atomic mass is 19.4. The van der Waals surface area contributed by atoms with E-state index < -0.39 is 6.18 Å². The zero-order valence-electron chi connectivity index (χ0n) is 20.5. The van der Waals surface area contributed by atoms with Crippen molar-refractivity contribution in [2.24, 2.45) is 4.99 Å². The number of rotatable bonds is 5. The first-order valence-corrected chi connectivity index (χ1v) is 11.0. The molecule has 1 unspecified atom stereocenters. The second kappa shape index (κ2) is 12.2. The van der Waals surface area contributed by atoms with Crippen LogP contribution < -0.4 is 5.32 Å². The van der Waals surface area contributed by atoms with Gasteiger partial charge in [0.25, 0.3) is 0 Å². The Morgan fingerprint density at radius 1 is 1.12 bits per heavy atom. The van der Waals surface area contributed by atoms with E-state index in [2.05, 4.69) is 79.8 Å². The van der Waals surface area contributed by atoms with Gasteiger partial charge in [0, 0.05) is 36.1 Å². The molecule has 0 saturated heterocycles. The third kappa shape index (κ3) is 8.08. The topological polar surface area (TPSA) is 24.4 Å². The molecule has 33 heavy (non-hydrogen) atoms. The fourth-order valence-electron chi connectivity index (χ4n) is 3.53. The van der Waals surface area contributed by atoms with Gasteiger partial charge >= 0.3 is 6.18 Å². The molecule has 2 aromatic carbocycles. The molecule has 0 bridgehead atoms. The Bertz CT molecular complexity index is 1010. The van der Waals surface area contributed by atoms with Gasteiger partial charge in [-0.1, -0.05) is 69.0 Å². The van der Waals surface area contributed by atoms with Gasteiger partial charge in [0.15, 0.2) is 0 Å². The SMILES string of the molecule is C=C/C(=C\N=CC)CC1(C)C(=C)Nc2ccc(-c3cccc(C)c3)cc21.CC.CC(F)(F)F. The van der Waals surface area contributed by atoms with E-state index >= 15 is 0 Å². The first-order valence-electron chi connectivity index (χ1n) is 11.0. The lowest BCUT2D eigenvalue weighted by Crippen LogP contribution is -2.22. The number of halogens is 3. The maximum Gasteiger partial charge on any atom is 0.386 e. The summed E-state index contributed by atoms with van der Waals surface area (Å²) in [4.78, 5) is 4.26. The Morgan fingerprint density at radius 2 is 1.73 bits per heavy atom. The number of allylic oxidation sites excluding steroid dienone is 3. The Labute approximate surface area is 196 Å². The van der Waals surface area contributed by atoms with Crippen LogP contribution >= 0.6 is 0 Å². The fraction of sp³-hybridized carbons (Fsp3) is 0.321. The molecule has 0 fully saturated rings. The summed E-state index contributed by atoms with van der Waals surface area (Å²) in [5.74, 6) is 0. The van der Waals surface area contributed by atoms with Crippen molar-refractivity contribution in [1.82, 2.24) is 0 Å². The average Bonchev–Trinajstić information content (AvgIpc) is 3.01. The smallest absolute Gasteiger partial charge is 0.358 e. The Hall–Kier alpha value is -3.08. The molecule has 0 aliphatic carbocycles. The highest BCUT2D eigenvalue weighted by molar-refractivity contribution is 5.75. The van der Waals surface area contributed by atoms with Crippen LogP contribution in [-0.4, -0.2) is 12.4 Å². The van der Waals surface area contributed by atoms with E-state index in [4.69, 9.17) is 0 Å². The molecule has 0 aromatic heterocycles. The molecule has 1 aliphatic rings. The molecule has 1 aliphatic heterocycles. The van der Waals surface area contributed by atoms with Crippen LogP contribution in [0.3, 0.4) is 0 Å². The molecule has 0 radical (unpaired) electrons. The summed E-state index contributed by atoms with van der Waals surface area (Å²) in [5, 5.41) is 3.47. The first-order chi connectivity index (χ1) is 15.5. The lowest BCUT2D eigenvalue weighted by molar-refractivity contribution is -0.110. The van der Waals surface area contributed by atoms with Crippen molar-refractivity contribution >= 4 is 11.9 Å². The first kappa shape index (κ1) is 28.0. The van der Waals surface area contributed by atoms with Crippen LogP contribution in [0.15, 0.2) is 84.2 Å². The molecule has 1 heterocycles. The van der Waals surface area contributed by atoms with Gasteiger partial charge in [0.2, 0.25) is 0 Å². The lowest BCUT2D eigenvalue weighted by Gasteiger charge is -2.26. The van der Waals surface area contributed by atoms with E-state index in [1.54, 1.807) is 6.21 Å². The van der Waals surface area contributed by atoms with Crippen LogP contribution in [0, 0.1) is 6.92 Å². The zero-order chi connectivity index (χ0) is 25.2. The van der Waals surface area contributed by atoms with Crippen LogP contribution in [0.5, 0.6) is 0 Å². The van der Waals surface area contributed by atoms with Gasteiger partial charge in [-0.15, -0.1) is 0 Å². The summed E-state index contributed by atoms with van der Waals surface area (Å²) in [5.41, 5.74) is 8.06. The number of aryl methyl sites for hydroxylation is 1. The summed E-state index contributed by atoms with van der Waals surface area (Å²) >= 11 is 0. The third-order valence-electron chi connectivity index (χ3n) is 5.13. The number of benzene rings is 2. The summed E-state index contributed by atoms with van der Waals surface area (Å²) in [6.45, 7) is 18.7. The standard InChI is InChI=1S/C24H26N2.C2H3F3.C2H6/c1-6-19(16-25-7-2)15-24(5)18(4)26-23-12-11-21(14-22(23)24)20-10-8-9-17(3)13-20;1-2(3,4)5;1-2/h6-14,16,26H,1,4,15H2,2-3,5H3;1H3;1-2H3/b19-16+,25-7?;;. The highest BCUT2D eigenvalue weighted by Gasteiger charge is 2.38. The molecule has 1 atom stereocenters. The number of aliphatic imine (C=N–C) groups is 1. The molecule has 178 valence electrons. The zero-order valence-corrected chi connectivity index (χ0v) is 20.5. The van der Waals surface area contributed by atoms with Crippen LogP contribution in [0.25, 0.3) is 11.1 Å². The van der Waals surface area contributed by atoms with Gasteiger partial charge in [-0.2, -0.15) is 13.2 Å². The van der Waals surface area contributed by atoms with E-state index in [1.165, 1.54) is 22.3 Å². The minimum Gasteiger partial charge on any atom is -0.358 e. The van der Waals surface area contributed by atoms with Crippen molar-refractivity contribution in [3.63, 3.8) is 0 Å². The van der Waals surface area contributed by atoms with E-state index in [-0.39, 0.29) is 12.3 Å². The minimum absolute atomic E-state index is 0.188. The van der Waals surface area contributed by atoms with Crippen molar-refractivity contribution in [3.8, 4) is 11.1 Å². The van der Waals surface area contributed by atoms with E-state index in [0.29, 0.717) is 0 Å². The number of fused-ring (bicyclic) bond motifs is 1. The predicted molar refractivity (Wildman–Crippen MR) is 137 cm³/mol. The largest absolute Gasteiger partial charge is 0.386 e. The van der Waals surface area contributed by atoms with Crippen molar-refractivity contribution in [3.05, 3.63) is 90.3 Å². The van der Waals surface area contributed by atoms with Crippen molar-refractivity contribution in [2.45, 2.75) is 59.6 Å². The van der Waals surface area contributed by atoms with E-state index in [9.17, 15) is 13.2 Å². The van der Waals surface area contributed by atoms with E-state index in [1.807, 2.05) is 33.0 Å². The Morgan fingerprint density at radius 3 is 2.27 bits per heavy atom. The monoisotopic (exact) mass is 456 g/mol. The van der Waals surface area contributed by atoms with Gasteiger partial charge in [-0.05, 0) is 61.6 Å². The number of nitrogens with zero attached hydrogens (tertiary/aromatic N) is 1. The number of alkyl halides is 3. The lowest BCUT2D eigenvalue weighted by atomic mass is 9.76. The number of hydrogen-bond acceptors (Lipinski definition) is 2. The predicted octanol–water partition coefficient (Wildman–Crippen LogP) is 9.00. The molecule has 2 aromatic rings. The maximum atomic E-state index is 10.4. The highest BCUT2D eigenvalue weighted by Crippen LogP contribution is 2.48. The van der Waals surface area contributed by atoms with Crippen molar-refractivity contribution in [2.75, 3.05) is 5.32 Å². The summed E-state index contributed by atoms with van der Waals surface area (Å²) in [7, 11) is 0. The average molecular weight is 457 g/mol. The quantitative estimate of drug-likeness (QED) is 0.352. The number of nitrogens with one attached hydrogen (secondary N) is 1. The number of anilines is 1. The van der Waals surface area contributed by atoms with Gasteiger partial charge in [-0.25, -0.2) is 0 Å². The van der Waals surface area contributed by atoms with Crippen LogP contribution in [0.1, 0.15) is 52.2 Å². The maximum absolute atomic E-state index is 10.4. The number of hydrogen-bond donors (Lipinski definition) is 1. The molecule has 1 N–H and O–H groups in total. The van der Waals surface area contributed by atoms with Gasteiger partial charge in [0.05, 0.1) is 0 Å². The van der Waals surface area contributed by atoms with Crippen LogP contribution in [-0.2, 0) is 5.41 Å². The molecule has 0 spiro atoms. The van der Waals surface area contributed by atoms with Gasteiger partial charge in [0.1, 0.15) is 0 Å². The van der Waals surface area contributed by atoms with Crippen LogP contribution in [0.2, 0.25) is 0 Å². The minimum atomic E-state index is -4.00.